The van der Waals surface area contributed by atoms with Crippen LogP contribution in [0.5, 0.6) is 0 Å². The highest BCUT2D eigenvalue weighted by Crippen LogP contribution is 2.32. The van der Waals surface area contributed by atoms with Crippen molar-refractivity contribution < 1.29 is 44.3 Å². The van der Waals surface area contributed by atoms with Crippen LogP contribution in [0.4, 0.5) is 45.2 Å². The highest BCUT2D eigenvalue weighted by atomic mass is 19.4. The molecule has 128 valence electrons. The first-order chi connectivity index (χ1) is 10.2. The van der Waals surface area contributed by atoms with Gasteiger partial charge in [-0.15, -0.1) is 0 Å². The molecule has 0 saturated carbocycles. The van der Waals surface area contributed by atoms with Crippen LogP contribution >= 0.6 is 0 Å². The number of alkyl halides is 9. The predicted octanol–water partition coefficient (Wildman–Crippen LogP) is 4.69. The molecular formula is C12H6F9NO. The molecule has 0 saturated heterocycles. The van der Waals surface area contributed by atoms with Crippen molar-refractivity contribution in [3.8, 4) is 0 Å². The number of hydrogen-bond acceptors (Lipinski definition) is 2. The molecule has 1 rings (SSSR count). The molecule has 11 heteroatoms. The van der Waals surface area contributed by atoms with Gasteiger partial charge in [-0.1, -0.05) is 0 Å². The third-order valence-corrected chi connectivity index (χ3v) is 2.35. The molecule has 2 nitrogen and oxygen atoms in total. The maximum Gasteiger partial charge on any atom is 0.454 e. The van der Waals surface area contributed by atoms with Gasteiger partial charge in [-0.3, -0.25) is 4.79 Å². The fourth-order valence-electron chi connectivity index (χ4n) is 1.30. The number of halogens is 9. The molecule has 0 aliphatic heterocycles. The smallest absolute Gasteiger partial charge is 0.351 e. The second-order valence-corrected chi connectivity index (χ2v) is 4.12. The highest BCUT2D eigenvalue weighted by Gasteiger charge is 2.41. The summed E-state index contributed by atoms with van der Waals surface area (Å²) in [6.45, 7) is 0. The van der Waals surface area contributed by atoms with Gasteiger partial charge in [0.05, 0.1) is 5.56 Å². The molecule has 0 radical (unpaired) electrons. The molecule has 0 aliphatic carbocycles. The van der Waals surface area contributed by atoms with E-state index in [-0.39, 0.29) is 0 Å². The van der Waals surface area contributed by atoms with E-state index in [1.807, 2.05) is 0 Å². The minimum absolute atomic E-state index is 0.432. The van der Waals surface area contributed by atoms with E-state index in [0.29, 0.717) is 24.3 Å². The van der Waals surface area contributed by atoms with Crippen LogP contribution in [0.1, 0.15) is 5.56 Å². The molecule has 0 aliphatic rings. The SMILES string of the molecule is O=C(/C=C(/Nc1ccc(C(F)(F)F)cc1)C(F)(F)F)C(F)(F)F. The van der Waals surface area contributed by atoms with E-state index in [2.05, 4.69) is 0 Å². The van der Waals surface area contributed by atoms with Gasteiger partial charge in [-0.05, 0) is 24.3 Å². The molecule has 1 aromatic carbocycles. The number of allylic oxidation sites excluding steroid dienone is 2. The van der Waals surface area contributed by atoms with Gasteiger partial charge in [-0.25, -0.2) is 0 Å². The van der Waals surface area contributed by atoms with Crippen LogP contribution in [0.25, 0.3) is 0 Å². The molecule has 1 aromatic rings. The predicted molar refractivity (Wildman–Crippen MR) is 60.3 cm³/mol. The Morgan fingerprint density at radius 1 is 0.826 bits per heavy atom. The van der Waals surface area contributed by atoms with Crippen molar-refractivity contribution in [2.75, 3.05) is 5.32 Å². The summed E-state index contributed by atoms with van der Waals surface area (Å²) in [5.41, 5.74) is -3.79. The lowest BCUT2D eigenvalue weighted by molar-refractivity contribution is -0.165. The van der Waals surface area contributed by atoms with E-state index < -0.39 is 47.3 Å². The largest absolute Gasteiger partial charge is 0.454 e. The molecule has 0 bridgehead atoms. The Balaban J connectivity index is 3.09. The summed E-state index contributed by atoms with van der Waals surface area (Å²) < 4.78 is 111. The Kier molecular flexibility index (Phi) is 5.02. The van der Waals surface area contributed by atoms with Crippen LogP contribution in [-0.2, 0) is 11.0 Å². The van der Waals surface area contributed by atoms with Gasteiger partial charge in [0.2, 0.25) is 0 Å². The lowest BCUT2D eigenvalue weighted by Crippen LogP contribution is -2.26. The number of anilines is 1. The molecule has 0 heterocycles. The lowest BCUT2D eigenvalue weighted by atomic mass is 10.2. The number of nitrogens with one attached hydrogen (secondary N) is 1. The third kappa shape index (κ3) is 5.49. The summed E-state index contributed by atoms with van der Waals surface area (Å²) in [7, 11) is 0. The van der Waals surface area contributed by atoms with Crippen LogP contribution in [-0.4, -0.2) is 18.1 Å². The molecule has 0 atom stereocenters. The average molecular weight is 351 g/mol. The van der Waals surface area contributed by atoms with E-state index in [1.165, 1.54) is 5.32 Å². The molecule has 23 heavy (non-hydrogen) atoms. The Morgan fingerprint density at radius 3 is 1.65 bits per heavy atom. The number of hydrogen-bond donors (Lipinski definition) is 1. The molecule has 0 amide bonds. The van der Waals surface area contributed by atoms with Gasteiger partial charge >= 0.3 is 18.5 Å². The Bertz CT molecular complexity index is 593. The monoisotopic (exact) mass is 351 g/mol. The van der Waals surface area contributed by atoms with Gasteiger partial charge in [0.1, 0.15) is 5.70 Å². The van der Waals surface area contributed by atoms with Crippen molar-refractivity contribution in [1.29, 1.82) is 0 Å². The van der Waals surface area contributed by atoms with Crippen molar-refractivity contribution >= 4 is 11.5 Å². The van der Waals surface area contributed by atoms with Gasteiger partial charge in [0.15, 0.2) is 0 Å². The maximum absolute atomic E-state index is 12.6. The van der Waals surface area contributed by atoms with E-state index >= 15 is 0 Å². The topological polar surface area (TPSA) is 29.1 Å². The Labute approximate surface area is 122 Å². The van der Waals surface area contributed by atoms with Crippen LogP contribution in [0.3, 0.4) is 0 Å². The first-order valence-corrected chi connectivity index (χ1v) is 5.55. The standard InChI is InChI=1S/C12H6F9NO/c13-10(14,15)6-1-3-7(4-2-6)22-8(11(16,17)18)5-9(23)12(19,20)21/h1-5,22H/b8-5+. The van der Waals surface area contributed by atoms with Crippen molar-refractivity contribution in [3.63, 3.8) is 0 Å². The molecule has 0 unspecified atom stereocenters. The minimum atomic E-state index is -5.52. The first-order valence-electron chi connectivity index (χ1n) is 5.55. The van der Waals surface area contributed by atoms with E-state index in [0.717, 1.165) is 0 Å². The number of rotatable bonds is 3. The zero-order valence-corrected chi connectivity index (χ0v) is 10.7. The fraction of sp³-hybridized carbons (Fsp3) is 0.250. The summed E-state index contributed by atoms with van der Waals surface area (Å²) in [5.74, 6) is -2.76. The Morgan fingerprint density at radius 2 is 1.30 bits per heavy atom. The third-order valence-electron chi connectivity index (χ3n) is 2.35. The summed E-state index contributed by atoms with van der Waals surface area (Å²) in [6.07, 6.45) is -16.3. The van der Waals surface area contributed by atoms with E-state index in [9.17, 15) is 44.3 Å². The minimum Gasteiger partial charge on any atom is -0.351 e. The zero-order chi connectivity index (χ0) is 18.1. The highest BCUT2D eigenvalue weighted by molar-refractivity contribution is 5.95. The van der Waals surface area contributed by atoms with Crippen molar-refractivity contribution in [2.45, 2.75) is 18.5 Å². The van der Waals surface area contributed by atoms with Gasteiger partial charge in [0, 0.05) is 11.8 Å². The molecule has 1 N–H and O–H groups in total. The number of ketones is 1. The summed E-state index contributed by atoms with van der Waals surface area (Å²) in [6, 6.07) is 2.03. The maximum atomic E-state index is 12.6. The van der Waals surface area contributed by atoms with Crippen molar-refractivity contribution in [3.05, 3.63) is 41.6 Å². The molecular weight excluding hydrogens is 345 g/mol. The fourth-order valence-corrected chi connectivity index (χ4v) is 1.30. The zero-order valence-electron chi connectivity index (χ0n) is 10.7. The summed E-state index contributed by atoms with van der Waals surface area (Å²) in [4.78, 5) is 10.6. The van der Waals surface area contributed by atoms with Crippen molar-refractivity contribution in [2.24, 2.45) is 0 Å². The number of carbonyl (C=O) groups is 1. The summed E-state index contributed by atoms with van der Waals surface area (Å²) >= 11 is 0. The molecule has 0 fully saturated rings. The average Bonchev–Trinajstić information content (AvgIpc) is 2.35. The van der Waals surface area contributed by atoms with Crippen LogP contribution in [0, 0.1) is 0 Å². The van der Waals surface area contributed by atoms with Crippen LogP contribution in [0.2, 0.25) is 0 Å². The first kappa shape index (κ1) is 18.8. The lowest BCUT2D eigenvalue weighted by Gasteiger charge is -2.15. The van der Waals surface area contributed by atoms with Crippen LogP contribution < -0.4 is 5.32 Å². The Hall–Kier alpha value is -2.20. The van der Waals surface area contributed by atoms with Gasteiger partial charge in [0.25, 0.3) is 5.78 Å². The second kappa shape index (κ2) is 6.13. The molecule has 0 aromatic heterocycles. The van der Waals surface area contributed by atoms with Gasteiger partial charge < -0.3 is 5.32 Å². The summed E-state index contributed by atoms with van der Waals surface area (Å²) in [5, 5.41) is 1.45. The van der Waals surface area contributed by atoms with E-state index in [4.69, 9.17) is 0 Å². The number of carbonyl (C=O) groups excluding carboxylic acids is 1. The van der Waals surface area contributed by atoms with Gasteiger partial charge in [-0.2, -0.15) is 39.5 Å². The molecule has 0 spiro atoms. The normalized spacial score (nSPS) is 13.9. The van der Waals surface area contributed by atoms with E-state index in [1.54, 1.807) is 0 Å². The number of benzene rings is 1. The van der Waals surface area contributed by atoms with Crippen LogP contribution in [0.15, 0.2) is 36.0 Å². The second-order valence-electron chi connectivity index (χ2n) is 4.12. The quantitative estimate of drug-likeness (QED) is 0.632. The van der Waals surface area contributed by atoms with Crippen molar-refractivity contribution in [1.82, 2.24) is 0 Å².